The van der Waals surface area contributed by atoms with Crippen LogP contribution in [0.25, 0.3) is 0 Å². The predicted octanol–water partition coefficient (Wildman–Crippen LogP) is 5.47. The zero-order chi connectivity index (χ0) is 13.7. The van der Waals surface area contributed by atoms with Crippen LogP contribution in [0.2, 0.25) is 0 Å². The summed E-state index contributed by atoms with van der Waals surface area (Å²) < 4.78 is 19.3. The first-order valence-electron chi connectivity index (χ1n) is 6.34. The molecule has 1 nitrogen and oxygen atoms in total. The number of aryl methyl sites for hydroxylation is 1. The van der Waals surface area contributed by atoms with Gasteiger partial charge < -0.3 is 4.74 Å². The van der Waals surface area contributed by atoms with Crippen molar-refractivity contribution in [2.24, 2.45) is 0 Å². The molecule has 0 unspecified atom stereocenters. The van der Waals surface area contributed by atoms with E-state index in [2.05, 4.69) is 22.9 Å². The molecule has 2 rings (SSSR count). The highest BCUT2D eigenvalue weighted by molar-refractivity contribution is 9.08. The maximum Gasteiger partial charge on any atom is 0.166 e. The third-order valence-corrected chi connectivity index (χ3v) is 3.49. The van der Waals surface area contributed by atoms with Crippen LogP contribution in [0.15, 0.2) is 42.5 Å². The summed E-state index contributed by atoms with van der Waals surface area (Å²) in [4.78, 5) is 0. The average molecular weight is 323 g/mol. The first-order valence-corrected chi connectivity index (χ1v) is 7.46. The molecule has 0 atom stereocenters. The highest BCUT2D eigenvalue weighted by Crippen LogP contribution is 2.26. The normalized spacial score (nSPS) is 10.5. The summed E-state index contributed by atoms with van der Waals surface area (Å²) in [5, 5.41) is 0.635. The predicted molar refractivity (Wildman–Crippen MR) is 79.5 cm³/mol. The van der Waals surface area contributed by atoms with Gasteiger partial charge in [0.05, 0.1) is 0 Å². The van der Waals surface area contributed by atoms with Crippen LogP contribution >= 0.6 is 15.9 Å². The van der Waals surface area contributed by atoms with Crippen molar-refractivity contribution >= 4 is 15.9 Å². The molecule has 0 radical (unpaired) electrons. The second-order valence-electron chi connectivity index (χ2n) is 4.39. The van der Waals surface area contributed by atoms with Crippen molar-refractivity contribution in [2.75, 3.05) is 0 Å². The lowest BCUT2D eigenvalue weighted by Crippen LogP contribution is -1.90. The molecule has 0 fully saturated rings. The number of halogens is 2. The van der Waals surface area contributed by atoms with E-state index in [9.17, 15) is 4.39 Å². The minimum atomic E-state index is -0.338. The van der Waals surface area contributed by atoms with Gasteiger partial charge in [0.15, 0.2) is 11.6 Å². The Hall–Kier alpha value is -1.35. The maximum absolute atomic E-state index is 13.8. The van der Waals surface area contributed by atoms with E-state index in [0.717, 1.165) is 18.4 Å². The number of ether oxygens (including phenoxy) is 1. The second kappa shape index (κ2) is 6.71. The largest absolute Gasteiger partial charge is 0.454 e. The Labute approximate surface area is 121 Å². The van der Waals surface area contributed by atoms with Crippen LogP contribution in [-0.4, -0.2) is 0 Å². The van der Waals surface area contributed by atoms with Gasteiger partial charge in [-0.1, -0.05) is 47.5 Å². The minimum Gasteiger partial charge on any atom is -0.454 e. The van der Waals surface area contributed by atoms with Gasteiger partial charge in [-0.25, -0.2) is 4.39 Å². The Kier molecular flexibility index (Phi) is 4.97. The lowest BCUT2D eigenvalue weighted by molar-refractivity contribution is 0.442. The van der Waals surface area contributed by atoms with Crippen LogP contribution < -0.4 is 4.74 Å². The van der Waals surface area contributed by atoms with E-state index in [1.807, 2.05) is 30.3 Å². The zero-order valence-electron chi connectivity index (χ0n) is 10.8. The number of alkyl halides is 1. The molecule has 19 heavy (non-hydrogen) atoms. The molecule has 2 aromatic carbocycles. The lowest BCUT2D eigenvalue weighted by atomic mass is 10.1. The summed E-state index contributed by atoms with van der Waals surface area (Å²) >= 11 is 3.30. The van der Waals surface area contributed by atoms with Crippen molar-refractivity contribution in [1.82, 2.24) is 0 Å². The van der Waals surface area contributed by atoms with E-state index in [-0.39, 0.29) is 11.6 Å². The monoisotopic (exact) mass is 322 g/mol. The molecule has 0 saturated carbocycles. The topological polar surface area (TPSA) is 9.23 Å². The van der Waals surface area contributed by atoms with Crippen LogP contribution in [0.3, 0.4) is 0 Å². The smallest absolute Gasteiger partial charge is 0.166 e. The van der Waals surface area contributed by atoms with Gasteiger partial charge in [0.25, 0.3) is 0 Å². The molecule has 0 bridgehead atoms. The highest BCUT2D eigenvalue weighted by Gasteiger charge is 2.05. The van der Waals surface area contributed by atoms with E-state index < -0.39 is 0 Å². The fourth-order valence-corrected chi connectivity index (χ4v) is 2.20. The van der Waals surface area contributed by atoms with Gasteiger partial charge in [0.2, 0.25) is 0 Å². The second-order valence-corrected chi connectivity index (χ2v) is 4.96. The van der Waals surface area contributed by atoms with Crippen molar-refractivity contribution in [3.63, 3.8) is 0 Å². The van der Waals surface area contributed by atoms with Gasteiger partial charge in [-0.2, -0.15) is 0 Å². The molecule has 100 valence electrons. The highest BCUT2D eigenvalue weighted by atomic mass is 79.9. The molecule has 0 aliphatic rings. The first kappa shape index (κ1) is 14.1. The van der Waals surface area contributed by atoms with E-state index in [0.29, 0.717) is 11.1 Å². The number of hydrogen-bond acceptors (Lipinski definition) is 1. The summed E-state index contributed by atoms with van der Waals surface area (Å²) in [7, 11) is 0. The Balaban J connectivity index is 2.12. The minimum absolute atomic E-state index is 0.257. The van der Waals surface area contributed by atoms with Gasteiger partial charge in [0, 0.05) is 5.33 Å². The van der Waals surface area contributed by atoms with Gasteiger partial charge in [-0.05, 0) is 41.8 Å². The Morgan fingerprint density at radius 2 is 1.74 bits per heavy atom. The standard InChI is InChI=1S/C16H16BrFO/c1-2-3-12-4-7-14(8-5-12)19-16-9-6-13(11-17)10-15(16)18/h4-10H,2-3,11H2,1H3. The molecule has 3 heteroatoms. The van der Waals surface area contributed by atoms with E-state index in [1.54, 1.807) is 6.07 Å². The SMILES string of the molecule is CCCc1ccc(Oc2ccc(CBr)cc2F)cc1. The summed E-state index contributed by atoms with van der Waals surface area (Å²) in [5.74, 6) is 0.577. The zero-order valence-corrected chi connectivity index (χ0v) is 12.4. The molecule has 0 aromatic heterocycles. The molecular formula is C16H16BrFO. The Bertz CT molecular complexity index is 537. The van der Waals surface area contributed by atoms with Gasteiger partial charge in [-0.15, -0.1) is 0 Å². The van der Waals surface area contributed by atoms with E-state index >= 15 is 0 Å². The van der Waals surface area contributed by atoms with Crippen LogP contribution in [0, 0.1) is 5.82 Å². The number of hydrogen-bond donors (Lipinski definition) is 0. The van der Waals surface area contributed by atoms with Crippen molar-refractivity contribution in [3.05, 3.63) is 59.4 Å². The number of rotatable bonds is 5. The van der Waals surface area contributed by atoms with E-state index in [1.165, 1.54) is 11.6 Å². The van der Waals surface area contributed by atoms with Crippen LogP contribution in [-0.2, 0) is 11.8 Å². The average Bonchev–Trinajstić information content (AvgIpc) is 2.43. The summed E-state index contributed by atoms with van der Waals surface area (Å²) in [6.07, 6.45) is 2.16. The molecule has 0 saturated heterocycles. The summed E-state index contributed by atoms with van der Waals surface area (Å²) in [5.41, 5.74) is 2.16. The third kappa shape index (κ3) is 3.80. The van der Waals surface area contributed by atoms with Crippen molar-refractivity contribution in [2.45, 2.75) is 25.1 Å². The first-order chi connectivity index (χ1) is 9.22. The van der Waals surface area contributed by atoms with Crippen LogP contribution in [0.4, 0.5) is 4.39 Å². The maximum atomic E-state index is 13.8. The molecule has 0 aliphatic heterocycles. The molecule has 0 heterocycles. The van der Waals surface area contributed by atoms with Gasteiger partial charge >= 0.3 is 0 Å². The molecule has 0 N–H and O–H groups in total. The lowest BCUT2D eigenvalue weighted by Gasteiger charge is -2.08. The van der Waals surface area contributed by atoms with Crippen molar-refractivity contribution in [3.8, 4) is 11.5 Å². The molecular weight excluding hydrogens is 307 g/mol. The van der Waals surface area contributed by atoms with Crippen LogP contribution in [0.5, 0.6) is 11.5 Å². The molecule has 0 spiro atoms. The molecule has 0 aliphatic carbocycles. The van der Waals surface area contributed by atoms with Crippen molar-refractivity contribution < 1.29 is 9.13 Å². The van der Waals surface area contributed by atoms with Gasteiger partial charge in [-0.3, -0.25) is 0 Å². The van der Waals surface area contributed by atoms with Gasteiger partial charge in [0.1, 0.15) is 5.75 Å². The van der Waals surface area contributed by atoms with Crippen LogP contribution in [0.1, 0.15) is 24.5 Å². The Morgan fingerprint density at radius 3 is 2.32 bits per heavy atom. The molecule has 2 aromatic rings. The molecule has 0 amide bonds. The third-order valence-electron chi connectivity index (χ3n) is 2.84. The summed E-state index contributed by atoms with van der Waals surface area (Å²) in [6, 6.07) is 12.8. The fourth-order valence-electron chi connectivity index (χ4n) is 1.85. The quantitative estimate of drug-likeness (QED) is 0.663. The Morgan fingerprint density at radius 1 is 1.05 bits per heavy atom. The summed E-state index contributed by atoms with van der Waals surface area (Å²) in [6.45, 7) is 2.14. The van der Waals surface area contributed by atoms with E-state index in [4.69, 9.17) is 4.74 Å². The fraction of sp³-hybridized carbons (Fsp3) is 0.250. The number of benzene rings is 2. The van der Waals surface area contributed by atoms with Crippen molar-refractivity contribution in [1.29, 1.82) is 0 Å².